The van der Waals surface area contributed by atoms with Gasteiger partial charge >= 0.3 is 0 Å². The minimum Gasteiger partial charge on any atom is -0.356 e. The highest BCUT2D eigenvalue weighted by atomic mass is 35.5. The maximum Gasteiger partial charge on any atom is 0.222 e. The number of benzene rings is 1. The topological polar surface area (TPSA) is 75.5 Å². The van der Waals surface area contributed by atoms with E-state index in [-0.39, 0.29) is 18.2 Å². The zero-order valence-electron chi connectivity index (χ0n) is 15.0. The van der Waals surface area contributed by atoms with Gasteiger partial charge in [0.2, 0.25) is 11.8 Å². The molecule has 0 spiro atoms. The second kappa shape index (κ2) is 8.68. The number of nitrogens with one attached hydrogen (secondary N) is 2. The maximum atomic E-state index is 12.3. The fourth-order valence-electron chi connectivity index (χ4n) is 2.89. The van der Waals surface area contributed by atoms with E-state index in [9.17, 15) is 9.59 Å². The smallest absolute Gasteiger partial charge is 0.222 e. The molecule has 1 atom stereocenters. The van der Waals surface area contributed by atoms with Gasteiger partial charge in [-0.2, -0.15) is 0 Å². The van der Waals surface area contributed by atoms with Gasteiger partial charge in [0.1, 0.15) is 5.65 Å². The first kappa shape index (κ1) is 18.9. The van der Waals surface area contributed by atoms with E-state index in [2.05, 4.69) is 15.6 Å². The molecule has 6 nitrogen and oxygen atoms in total. The molecule has 3 rings (SSSR count). The second-order valence-corrected chi connectivity index (χ2v) is 6.74. The molecule has 140 valence electrons. The minimum atomic E-state index is -0.394. The molecule has 2 heterocycles. The summed E-state index contributed by atoms with van der Waals surface area (Å²) in [6.45, 7) is 1.92. The quantitative estimate of drug-likeness (QED) is 0.657. The van der Waals surface area contributed by atoms with Crippen LogP contribution in [0.1, 0.15) is 30.6 Å². The third-order valence-corrected chi connectivity index (χ3v) is 4.41. The van der Waals surface area contributed by atoms with Crippen molar-refractivity contribution in [1.82, 2.24) is 20.0 Å². The Labute approximate surface area is 162 Å². The predicted molar refractivity (Wildman–Crippen MR) is 105 cm³/mol. The van der Waals surface area contributed by atoms with Gasteiger partial charge in [0.25, 0.3) is 0 Å². The molecule has 7 heteroatoms. The van der Waals surface area contributed by atoms with Crippen LogP contribution in [0.5, 0.6) is 0 Å². The zero-order valence-corrected chi connectivity index (χ0v) is 15.7. The standard InChI is InChI=1S/C20H21ClN4O2/c1-14(26)23-18(15-5-7-16(21)8-6-15)12-20(27)22-10-9-17-13-25-11-3-2-4-19(25)24-17/h2-8,11,13,18H,9-10,12H2,1H3,(H,22,27)(H,23,26). The van der Waals surface area contributed by atoms with Gasteiger partial charge in [-0.3, -0.25) is 9.59 Å². The molecule has 0 fully saturated rings. The van der Waals surface area contributed by atoms with Gasteiger partial charge in [0.15, 0.2) is 0 Å². The van der Waals surface area contributed by atoms with E-state index >= 15 is 0 Å². The number of carbonyl (C=O) groups excluding carboxylic acids is 2. The molecule has 0 bridgehead atoms. The molecule has 0 aliphatic heterocycles. The number of pyridine rings is 1. The van der Waals surface area contributed by atoms with Crippen molar-refractivity contribution in [2.45, 2.75) is 25.8 Å². The Hall–Kier alpha value is -2.86. The summed E-state index contributed by atoms with van der Waals surface area (Å²) in [4.78, 5) is 28.3. The summed E-state index contributed by atoms with van der Waals surface area (Å²) in [5, 5.41) is 6.32. The van der Waals surface area contributed by atoms with Crippen molar-refractivity contribution in [3.05, 3.63) is 71.1 Å². The lowest BCUT2D eigenvalue weighted by molar-refractivity contribution is -0.122. The van der Waals surface area contributed by atoms with E-state index in [1.807, 2.05) is 47.1 Å². The summed E-state index contributed by atoms with van der Waals surface area (Å²) in [5.74, 6) is -0.320. The molecule has 0 aliphatic carbocycles. The van der Waals surface area contributed by atoms with Gasteiger partial charge in [-0.05, 0) is 29.8 Å². The fraction of sp³-hybridized carbons (Fsp3) is 0.250. The molecule has 0 saturated heterocycles. The molecular weight excluding hydrogens is 364 g/mol. The molecule has 2 amide bonds. The normalized spacial score (nSPS) is 11.9. The van der Waals surface area contributed by atoms with Crippen molar-refractivity contribution < 1.29 is 9.59 Å². The van der Waals surface area contributed by atoms with Crippen LogP contribution in [0.4, 0.5) is 0 Å². The lowest BCUT2D eigenvalue weighted by Crippen LogP contribution is -2.33. The first-order chi connectivity index (χ1) is 13.0. The van der Waals surface area contributed by atoms with Gasteiger partial charge in [-0.1, -0.05) is 29.8 Å². The maximum absolute atomic E-state index is 12.3. The Bertz CT molecular complexity index is 904. The average Bonchev–Trinajstić information content (AvgIpc) is 3.04. The molecule has 2 aromatic heterocycles. The molecule has 0 aliphatic rings. The Morgan fingerprint density at radius 1 is 1.19 bits per heavy atom. The van der Waals surface area contributed by atoms with Gasteiger partial charge in [-0.25, -0.2) is 4.98 Å². The highest BCUT2D eigenvalue weighted by molar-refractivity contribution is 6.30. The van der Waals surface area contributed by atoms with Crippen molar-refractivity contribution in [3.63, 3.8) is 0 Å². The van der Waals surface area contributed by atoms with Crippen LogP contribution in [0, 0.1) is 0 Å². The molecule has 27 heavy (non-hydrogen) atoms. The number of hydrogen-bond acceptors (Lipinski definition) is 3. The molecule has 1 unspecified atom stereocenters. The van der Waals surface area contributed by atoms with E-state index in [1.165, 1.54) is 6.92 Å². The Balaban J connectivity index is 1.55. The monoisotopic (exact) mass is 384 g/mol. The highest BCUT2D eigenvalue weighted by Crippen LogP contribution is 2.19. The summed E-state index contributed by atoms with van der Waals surface area (Å²) < 4.78 is 1.95. The first-order valence-electron chi connectivity index (χ1n) is 8.73. The largest absolute Gasteiger partial charge is 0.356 e. The van der Waals surface area contributed by atoms with Crippen LogP contribution >= 0.6 is 11.6 Å². The van der Waals surface area contributed by atoms with E-state index in [0.29, 0.717) is 18.0 Å². The van der Waals surface area contributed by atoms with Gasteiger partial charge < -0.3 is 15.0 Å². The van der Waals surface area contributed by atoms with Crippen LogP contribution in [0.25, 0.3) is 5.65 Å². The molecule has 2 N–H and O–H groups in total. The van der Waals surface area contributed by atoms with Crippen molar-refractivity contribution in [3.8, 4) is 0 Å². The van der Waals surface area contributed by atoms with Crippen molar-refractivity contribution in [1.29, 1.82) is 0 Å². The Morgan fingerprint density at radius 3 is 2.67 bits per heavy atom. The van der Waals surface area contributed by atoms with Crippen molar-refractivity contribution in [2.75, 3.05) is 6.54 Å². The number of carbonyl (C=O) groups is 2. The van der Waals surface area contributed by atoms with Crippen LogP contribution < -0.4 is 10.6 Å². The lowest BCUT2D eigenvalue weighted by atomic mass is 10.0. The number of fused-ring (bicyclic) bond motifs is 1. The Morgan fingerprint density at radius 2 is 1.96 bits per heavy atom. The fourth-order valence-corrected chi connectivity index (χ4v) is 3.01. The highest BCUT2D eigenvalue weighted by Gasteiger charge is 2.17. The lowest BCUT2D eigenvalue weighted by Gasteiger charge is -2.18. The van der Waals surface area contributed by atoms with E-state index in [0.717, 1.165) is 16.9 Å². The predicted octanol–water partition coefficient (Wildman–Crippen LogP) is 2.91. The number of nitrogens with zero attached hydrogens (tertiary/aromatic N) is 2. The van der Waals surface area contributed by atoms with Crippen LogP contribution in [0.2, 0.25) is 5.02 Å². The van der Waals surface area contributed by atoms with Crippen LogP contribution in [-0.4, -0.2) is 27.7 Å². The molecule has 3 aromatic rings. The van der Waals surface area contributed by atoms with Gasteiger partial charge in [-0.15, -0.1) is 0 Å². The summed E-state index contributed by atoms with van der Waals surface area (Å²) >= 11 is 5.91. The molecule has 0 radical (unpaired) electrons. The van der Waals surface area contributed by atoms with Crippen LogP contribution in [0.3, 0.4) is 0 Å². The van der Waals surface area contributed by atoms with E-state index < -0.39 is 6.04 Å². The van der Waals surface area contributed by atoms with E-state index in [1.54, 1.807) is 12.1 Å². The second-order valence-electron chi connectivity index (χ2n) is 6.31. The summed E-state index contributed by atoms with van der Waals surface area (Å²) in [7, 11) is 0. The number of imidazole rings is 1. The van der Waals surface area contributed by atoms with Crippen molar-refractivity contribution >= 4 is 29.1 Å². The number of halogens is 1. The summed E-state index contributed by atoms with van der Waals surface area (Å²) in [6.07, 6.45) is 4.69. The number of hydrogen-bond donors (Lipinski definition) is 2. The van der Waals surface area contributed by atoms with Crippen molar-refractivity contribution in [2.24, 2.45) is 0 Å². The molecular formula is C20H21ClN4O2. The number of aromatic nitrogens is 2. The van der Waals surface area contributed by atoms with E-state index in [4.69, 9.17) is 11.6 Å². The van der Waals surface area contributed by atoms with Crippen LogP contribution in [-0.2, 0) is 16.0 Å². The SMILES string of the molecule is CC(=O)NC(CC(=O)NCCc1cn2ccccc2n1)c1ccc(Cl)cc1. The number of amides is 2. The zero-order chi connectivity index (χ0) is 19.2. The molecule has 1 aromatic carbocycles. The van der Waals surface area contributed by atoms with Crippen LogP contribution in [0.15, 0.2) is 54.9 Å². The number of rotatable bonds is 7. The summed E-state index contributed by atoms with van der Waals surface area (Å²) in [6, 6.07) is 12.5. The Kier molecular flexibility index (Phi) is 6.08. The molecule has 0 saturated carbocycles. The third-order valence-electron chi connectivity index (χ3n) is 4.16. The minimum absolute atomic E-state index is 0.132. The average molecular weight is 385 g/mol. The summed E-state index contributed by atoms with van der Waals surface area (Å²) in [5.41, 5.74) is 2.63. The third kappa shape index (κ3) is 5.31. The first-order valence-corrected chi connectivity index (χ1v) is 9.11. The van der Waals surface area contributed by atoms with Gasteiger partial charge in [0.05, 0.1) is 18.2 Å². The van der Waals surface area contributed by atoms with Gasteiger partial charge in [0, 0.05) is 37.3 Å².